The highest BCUT2D eigenvalue weighted by Gasteiger charge is 2.40. The number of hydrogen-bond donors (Lipinski definition) is 0. The molecule has 0 spiro atoms. The molecule has 0 radical (unpaired) electrons. The molecule has 0 saturated heterocycles. The normalized spacial score (nSPS) is 22.4. The van der Waals surface area contributed by atoms with Crippen LogP contribution in [-0.2, 0) is 24.8 Å². The van der Waals surface area contributed by atoms with Gasteiger partial charge in [0, 0.05) is 18.1 Å². The van der Waals surface area contributed by atoms with E-state index in [9.17, 15) is 0 Å². The molecule has 158 valence electrons. The molecule has 2 aromatic rings. The summed E-state index contributed by atoms with van der Waals surface area (Å²) in [6.07, 6.45) is 8.45. The van der Waals surface area contributed by atoms with Crippen molar-refractivity contribution in [1.82, 2.24) is 9.80 Å². The third kappa shape index (κ3) is 4.92. The Morgan fingerprint density at radius 3 is 2.14 bits per heavy atom. The molecule has 0 atom stereocenters. The van der Waals surface area contributed by atoms with Gasteiger partial charge in [-0.1, -0.05) is 62.4 Å². The van der Waals surface area contributed by atoms with Crippen molar-refractivity contribution in [3.63, 3.8) is 0 Å². The minimum atomic E-state index is 0.189. The molecule has 2 aromatic carbocycles. The van der Waals surface area contributed by atoms with Crippen LogP contribution in [0.15, 0.2) is 48.5 Å². The Balaban J connectivity index is 1.70. The van der Waals surface area contributed by atoms with E-state index in [0.29, 0.717) is 6.04 Å². The smallest absolute Gasteiger partial charge is 0.0458 e. The number of aryl methyl sites for hydroxylation is 2. The van der Waals surface area contributed by atoms with Crippen LogP contribution in [0.4, 0.5) is 0 Å². The van der Waals surface area contributed by atoms with Crippen LogP contribution >= 0.6 is 0 Å². The van der Waals surface area contributed by atoms with Crippen LogP contribution in [0.25, 0.3) is 0 Å². The highest BCUT2D eigenvalue weighted by molar-refractivity contribution is 5.38. The number of rotatable bonds is 8. The average molecular weight is 393 g/mol. The molecule has 0 bridgehead atoms. The minimum absolute atomic E-state index is 0.189. The van der Waals surface area contributed by atoms with Gasteiger partial charge in [-0.25, -0.2) is 0 Å². The van der Waals surface area contributed by atoms with Crippen molar-refractivity contribution in [1.29, 1.82) is 0 Å². The van der Waals surface area contributed by atoms with Crippen LogP contribution < -0.4 is 0 Å². The summed E-state index contributed by atoms with van der Waals surface area (Å²) in [5.74, 6) is 0. The first-order chi connectivity index (χ1) is 14.0. The van der Waals surface area contributed by atoms with Crippen LogP contribution in [0.5, 0.6) is 0 Å². The van der Waals surface area contributed by atoms with Gasteiger partial charge in [-0.2, -0.15) is 0 Å². The maximum atomic E-state index is 2.60. The summed E-state index contributed by atoms with van der Waals surface area (Å²) in [4.78, 5) is 5.11. The lowest BCUT2D eigenvalue weighted by Gasteiger charge is -2.48. The van der Waals surface area contributed by atoms with Crippen LogP contribution in [0, 0.1) is 0 Å². The van der Waals surface area contributed by atoms with Crippen LogP contribution in [0.2, 0.25) is 0 Å². The van der Waals surface area contributed by atoms with E-state index in [4.69, 9.17) is 0 Å². The molecule has 1 saturated carbocycles. The number of nitrogens with zero attached hydrogens (tertiary/aromatic N) is 2. The first-order valence-corrected chi connectivity index (χ1v) is 11.5. The molecular weight excluding hydrogens is 352 g/mol. The maximum Gasteiger partial charge on any atom is 0.0458 e. The molecule has 0 unspecified atom stereocenters. The largest absolute Gasteiger partial charge is 0.303 e. The molecule has 29 heavy (non-hydrogen) atoms. The summed E-state index contributed by atoms with van der Waals surface area (Å²) in [6, 6.07) is 18.9. The summed E-state index contributed by atoms with van der Waals surface area (Å²) < 4.78 is 0. The third-order valence-corrected chi connectivity index (χ3v) is 7.32. The lowest BCUT2D eigenvalue weighted by Crippen LogP contribution is -2.48. The second-order valence-corrected chi connectivity index (χ2v) is 9.07. The Morgan fingerprint density at radius 1 is 0.862 bits per heavy atom. The summed E-state index contributed by atoms with van der Waals surface area (Å²) >= 11 is 0. The number of benzene rings is 2. The van der Waals surface area contributed by atoms with Gasteiger partial charge >= 0.3 is 0 Å². The van der Waals surface area contributed by atoms with Crippen molar-refractivity contribution >= 4 is 0 Å². The van der Waals surface area contributed by atoms with Crippen LogP contribution in [0.3, 0.4) is 0 Å². The fraction of sp³-hybridized carbons (Fsp3) is 0.556. The molecule has 0 heterocycles. The van der Waals surface area contributed by atoms with Crippen molar-refractivity contribution in [2.75, 3.05) is 27.7 Å². The summed E-state index contributed by atoms with van der Waals surface area (Å²) in [7, 11) is 6.89. The second kappa shape index (κ2) is 9.91. The van der Waals surface area contributed by atoms with E-state index in [2.05, 4.69) is 93.3 Å². The fourth-order valence-electron chi connectivity index (χ4n) is 5.22. The zero-order chi connectivity index (χ0) is 20.9. The van der Waals surface area contributed by atoms with Gasteiger partial charge in [0.1, 0.15) is 0 Å². The molecule has 0 aromatic heterocycles. The van der Waals surface area contributed by atoms with Crippen molar-refractivity contribution in [2.45, 2.75) is 70.4 Å². The maximum absolute atomic E-state index is 2.60. The Morgan fingerprint density at radius 2 is 1.55 bits per heavy atom. The average Bonchev–Trinajstić information content (AvgIpc) is 2.77. The van der Waals surface area contributed by atoms with Crippen LogP contribution in [-0.4, -0.2) is 43.5 Å². The third-order valence-electron chi connectivity index (χ3n) is 7.32. The molecular formula is C27H40N2. The first-order valence-electron chi connectivity index (χ1n) is 11.5. The van der Waals surface area contributed by atoms with Gasteiger partial charge in [0.05, 0.1) is 0 Å². The quantitative estimate of drug-likeness (QED) is 0.570. The Labute approximate surface area is 178 Å². The first kappa shape index (κ1) is 22.1. The van der Waals surface area contributed by atoms with Crippen molar-refractivity contribution in [3.05, 3.63) is 70.8 Å². The molecule has 2 heteroatoms. The van der Waals surface area contributed by atoms with Gasteiger partial charge in [-0.3, -0.25) is 4.90 Å². The van der Waals surface area contributed by atoms with E-state index in [1.807, 2.05) is 0 Å². The molecule has 2 nitrogen and oxygen atoms in total. The standard InChI is InChI=1S/C27H40N2/c1-6-22-13-14-26(24(7-2)21-22)27(28(3)4)18-15-25(16-19-27)29(5)20-17-23-11-9-8-10-12-23/h8-14,21,25H,6-7,15-20H2,1-5H3. The van der Waals surface area contributed by atoms with E-state index >= 15 is 0 Å². The van der Waals surface area contributed by atoms with E-state index in [0.717, 1.165) is 25.8 Å². The number of hydrogen-bond acceptors (Lipinski definition) is 2. The molecule has 1 aliphatic carbocycles. The Bertz CT molecular complexity index is 757. The molecule has 0 amide bonds. The summed E-state index contributed by atoms with van der Waals surface area (Å²) in [6.45, 7) is 5.71. The van der Waals surface area contributed by atoms with Crippen molar-refractivity contribution < 1.29 is 0 Å². The zero-order valence-corrected chi connectivity index (χ0v) is 19.2. The predicted molar refractivity (Wildman–Crippen MR) is 126 cm³/mol. The van der Waals surface area contributed by atoms with Gasteiger partial charge in [0.2, 0.25) is 0 Å². The van der Waals surface area contributed by atoms with Crippen LogP contribution in [0.1, 0.15) is 61.8 Å². The van der Waals surface area contributed by atoms with Crippen molar-refractivity contribution in [2.24, 2.45) is 0 Å². The lowest BCUT2D eigenvalue weighted by molar-refractivity contribution is 0.0570. The predicted octanol–water partition coefficient (Wildman–Crippen LogP) is 5.69. The molecule has 1 aliphatic rings. The van der Waals surface area contributed by atoms with Gasteiger partial charge in [0.25, 0.3) is 0 Å². The fourth-order valence-corrected chi connectivity index (χ4v) is 5.22. The summed E-state index contributed by atoms with van der Waals surface area (Å²) in [5.41, 5.74) is 6.23. The van der Waals surface area contributed by atoms with E-state index in [-0.39, 0.29) is 5.54 Å². The second-order valence-electron chi connectivity index (χ2n) is 9.07. The van der Waals surface area contributed by atoms with E-state index in [1.165, 1.54) is 36.8 Å². The van der Waals surface area contributed by atoms with Gasteiger partial charge in [-0.05, 0) is 88.3 Å². The number of likely N-dealkylation sites (N-methyl/N-ethyl adjacent to an activating group) is 1. The Hall–Kier alpha value is -1.64. The van der Waals surface area contributed by atoms with E-state index in [1.54, 1.807) is 11.1 Å². The molecule has 0 aliphatic heterocycles. The molecule has 0 N–H and O–H groups in total. The lowest BCUT2D eigenvalue weighted by atomic mass is 9.71. The highest BCUT2D eigenvalue weighted by Crippen LogP contribution is 2.43. The molecule has 3 rings (SSSR count). The van der Waals surface area contributed by atoms with Gasteiger partial charge < -0.3 is 4.90 Å². The highest BCUT2D eigenvalue weighted by atomic mass is 15.2. The van der Waals surface area contributed by atoms with Crippen molar-refractivity contribution in [3.8, 4) is 0 Å². The summed E-state index contributed by atoms with van der Waals surface area (Å²) in [5, 5.41) is 0. The topological polar surface area (TPSA) is 6.48 Å². The van der Waals surface area contributed by atoms with E-state index < -0.39 is 0 Å². The zero-order valence-electron chi connectivity index (χ0n) is 19.2. The van der Waals surface area contributed by atoms with Gasteiger partial charge in [0.15, 0.2) is 0 Å². The Kier molecular flexibility index (Phi) is 7.54. The molecule has 1 fully saturated rings. The monoisotopic (exact) mass is 392 g/mol. The SMILES string of the molecule is CCc1ccc(C2(N(C)C)CCC(N(C)CCc3ccccc3)CC2)c(CC)c1. The van der Waals surface area contributed by atoms with Gasteiger partial charge in [-0.15, -0.1) is 0 Å². The minimum Gasteiger partial charge on any atom is -0.303 e.